The number of carbonyl (C=O) groups excluding carboxylic acids is 1. The van der Waals surface area contributed by atoms with Gasteiger partial charge in [-0.15, -0.1) is 0 Å². The number of benzene rings is 1. The normalized spacial score (nSPS) is 15.3. The summed E-state index contributed by atoms with van der Waals surface area (Å²) < 4.78 is 18.9. The van der Waals surface area contributed by atoms with E-state index in [4.69, 9.17) is 4.74 Å². The van der Waals surface area contributed by atoms with E-state index in [9.17, 15) is 9.18 Å². The quantitative estimate of drug-likeness (QED) is 0.780. The lowest BCUT2D eigenvalue weighted by Gasteiger charge is -2.09. The van der Waals surface area contributed by atoms with Crippen LogP contribution in [0.5, 0.6) is 5.75 Å². The molecule has 1 aliphatic carbocycles. The summed E-state index contributed by atoms with van der Waals surface area (Å²) in [6.45, 7) is 0. The minimum Gasteiger partial charge on any atom is -0.488 e. The maximum Gasteiger partial charge on any atom is 0.153 e. The molecule has 2 rings (SSSR count). The predicted molar refractivity (Wildman–Crippen MR) is 53.1 cm³/mol. The number of carbonyl (C=O) groups is 1. The zero-order valence-corrected chi connectivity index (χ0v) is 8.88. The number of hydrogen-bond acceptors (Lipinski definition) is 2. The van der Waals surface area contributed by atoms with Crippen molar-refractivity contribution in [2.24, 2.45) is 0 Å². The van der Waals surface area contributed by atoms with Crippen molar-refractivity contribution in [2.75, 3.05) is 0 Å². The number of halogens is 2. The molecule has 0 saturated heterocycles. The fraction of sp³-hybridized carbons (Fsp3) is 0.300. The van der Waals surface area contributed by atoms with Crippen LogP contribution in [0.25, 0.3) is 0 Å². The summed E-state index contributed by atoms with van der Waals surface area (Å²) in [6.07, 6.45) is 2.80. The Bertz CT molecular complexity index is 375. The summed E-state index contributed by atoms with van der Waals surface area (Å²) in [7, 11) is 0. The van der Waals surface area contributed by atoms with E-state index in [1.165, 1.54) is 12.1 Å². The van der Waals surface area contributed by atoms with E-state index in [1.54, 1.807) is 0 Å². The molecule has 0 radical (unpaired) electrons. The van der Waals surface area contributed by atoms with Gasteiger partial charge >= 0.3 is 0 Å². The van der Waals surface area contributed by atoms with Gasteiger partial charge in [0.1, 0.15) is 11.6 Å². The molecule has 0 bridgehead atoms. The van der Waals surface area contributed by atoms with Gasteiger partial charge in [-0.1, -0.05) is 0 Å². The molecule has 0 N–H and O–H groups in total. The maximum atomic E-state index is 12.9. The van der Waals surface area contributed by atoms with Gasteiger partial charge in [0, 0.05) is 0 Å². The van der Waals surface area contributed by atoms with E-state index < -0.39 is 5.82 Å². The minimum absolute atomic E-state index is 0.190. The average molecular weight is 259 g/mol. The van der Waals surface area contributed by atoms with E-state index in [0.717, 1.165) is 12.8 Å². The molecular weight excluding hydrogens is 251 g/mol. The zero-order valence-electron chi connectivity index (χ0n) is 7.30. The molecule has 74 valence electrons. The number of ether oxygens (including phenoxy) is 1. The van der Waals surface area contributed by atoms with Gasteiger partial charge in [-0.25, -0.2) is 4.39 Å². The van der Waals surface area contributed by atoms with Crippen LogP contribution in [-0.4, -0.2) is 12.4 Å². The van der Waals surface area contributed by atoms with Crippen LogP contribution in [0.15, 0.2) is 16.6 Å². The molecule has 1 fully saturated rings. The van der Waals surface area contributed by atoms with Gasteiger partial charge < -0.3 is 4.74 Å². The van der Waals surface area contributed by atoms with Crippen LogP contribution in [0.4, 0.5) is 4.39 Å². The third-order valence-corrected chi connectivity index (χ3v) is 2.56. The Morgan fingerprint density at radius 3 is 2.79 bits per heavy atom. The first-order chi connectivity index (χ1) is 6.70. The van der Waals surface area contributed by atoms with Crippen molar-refractivity contribution in [2.45, 2.75) is 18.9 Å². The van der Waals surface area contributed by atoms with Crippen LogP contribution in [0.3, 0.4) is 0 Å². The molecule has 1 aliphatic rings. The molecule has 0 unspecified atom stereocenters. The van der Waals surface area contributed by atoms with E-state index in [-0.39, 0.29) is 11.7 Å². The summed E-state index contributed by atoms with van der Waals surface area (Å²) in [5.41, 5.74) is 0.253. The summed E-state index contributed by atoms with van der Waals surface area (Å²) in [5, 5.41) is 0. The Morgan fingerprint density at radius 2 is 2.21 bits per heavy atom. The minimum atomic E-state index is -0.442. The van der Waals surface area contributed by atoms with Gasteiger partial charge in [-0.2, -0.15) is 0 Å². The Labute approximate surface area is 89.2 Å². The molecule has 1 aromatic carbocycles. The second-order valence-corrected chi connectivity index (χ2v) is 4.10. The van der Waals surface area contributed by atoms with Crippen molar-refractivity contribution in [1.82, 2.24) is 0 Å². The van der Waals surface area contributed by atoms with Gasteiger partial charge in [-0.3, -0.25) is 4.79 Å². The summed E-state index contributed by atoms with van der Waals surface area (Å²) in [6, 6.07) is 2.47. The van der Waals surface area contributed by atoms with Crippen LogP contribution in [0.1, 0.15) is 23.2 Å². The van der Waals surface area contributed by atoms with Gasteiger partial charge in [-0.05, 0) is 40.9 Å². The van der Waals surface area contributed by atoms with Crippen LogP contribution in [-0.2, 0) is 0 Å². The van der Waals surface area contributed by atoms with Crippen molar-refractivity contribution in [3.8, 4) is 5.75 Å². The number of hydrogen-bond donors (Lipinski definition) is 0. The molecule has 14 heavy (non-hydrogen) atoms. The third kappa shape index (κ3) is 1.95. The van der Waals surface area contributed by atoms with Gasteiger partial charge in [0.2, 0.25) is 0 Å². The van der Waals surface area contributed by atoms with Crippen LogP contribution < -0.4 is 4.74 Å². The maximum absolute atomic E-state index is 12.9. The molecule has 1 saturated carbocycles. The van der Waals surface area contributed by atoms with E-state index in [0.29, 0.717) is 16.5 Å². The first-order valence-corrected chi connectivity index (χ1v) is 5.11. The Hall–Kier alpha value is -0.900. The lowest BCUT2D eigenvalue weighted by Crippen LogP contribution is -2.00. The highest BCUT2D eigenvalue weighted by atomic mass is 79.9. The Balaban J connectivity index is 2.38. The van der Waals surface area contributed by atoms with Crippen LogP contribution >= 0.6 is 15.9 Å². The first-order valence-electron chi connectivity index (χ1n) is 4.31. The van der Waals surface area contributed by atoms with Crippen molar-refractivity contribution >= 4 is 22.2 Å². The SMILES string of the molecule is O=Cc1cc(F)cc(Br)c1OC1CC1. The average Bonchev–Trinajstić information content (AvgIpc) is 2.93. The molecule has 0 spiro atoms. The summed E-state index contributed by atoms with van der Waals surface area (Å²) in [4.78, 5) is 10.7. The fourth-order valence-electron chi connectivity index (χ4n) is 1.14. The second kappa shape index (κ2) is 3.69. The van der Waals surface area contributed by atoms with E-state index in [2.05, 4.69) is 15.9 Å². The van der Waals surface area contributed by atoms with E-state index >= 15 is 0 Å². The lowest BCUT2D eigenvalue weighted by atomic mass is 10.2. The van der Waals surface area contributed by atoms with Crippen molar-refractivity contribution in [3.05, 3.63) is 28.0 Å². The zero-order chi connectivity index (χ0) is 10.1. The molecule has 0 aromatic heterocycles. The molecule has 0 atom stereocenters. The highest BCUT2D eigenvalue weighted by Crippen LogP contribution is 2.34. The van der Waals surface area contributed by atoms with E-state index in [1.807, 2.05) is 0 Å². The molecule has 1 aromatic rings. The molecular formula is C10H8BrFO2. The van der Waals surface area contributed by atoms with Crippen molar-refractivity contribution in [3.63, 3.8) is 0 Å². The smallest absolute Gasteiger partial charge is 0.153 e. The third-order valence-electron chi connectivity index (χ3n) is 1.97. The predicted octanol–water partition coefficient (Wildman–Crippen LogP) is 2.94. The van der Waals surface area contributed by atoms with Crippen molar-refractivity contribution < 1.29 is 13.9 Å². The van der Waals surface area contributed by atoms with Gasteiger partial charge in [0.05, 0.1) is 16.1 Å². The Kier molecular flexibility index (Phi) is 2.54. The topological polar surface area (TPSA) is 26.3 Å². The second-order valence-electron chi connectivity index (χ2n) is 3.24. The van der Waals surface area contributed by atoms with Gasteiger partial charge in [0.25, 0.3) is 0 Å². The Morgan fingerprint density at radius 1 is 1.50 bits per heavy atom. The highest BCUT2D eigenvalue weighted by Gasteiger charge is 2.25. The number of rotatable bonds is 3. The number of aldehydes is 1. The van der Waals surface area contributed by atoms with Gasteiger partial charge in [0.15, 0.2) is 6.29 Å². The first kappa shape index (κ1) is 9.65. The molecule has 0 aliphatic heterocycles. The molecule has 4 heteroatoms. The molecule has 0 heterocycles. The monoisotopic (exact) mass is 258 g/mol. The van der Waals surface area contributed by atoms with Crippen molar-refractivity contribution in [1.29, 1.82) is 0 Å². The molecule has 2 nitrogen and oxygen atoms in total. The molecule has 0 amide bonds. The van der Waals surface area contributed by atoms with Crippen LogP contribution in [0, 0.1) is 5.82 Å². The largest absolute Gasteiger partial charge is 0.488 e. The highest BCUT2D eigenvalue weighted by molar-refractivity contribution is 9.10. The summed E-state index contributed by atoms with van der Waals surface area (Å²) >= 11 is 3.17. The standard InChI is InChI=1S/C10H8BrFO2/c11-9-4-7(12)3-6(5-13)10(9)14-8-1-2-8/h3-5,8H,1-2H2. The van der Waals surface area contributed by atoms with Crippen LogP contribution in [0.2, 0.25) is 0 Å². The fourth-order valence-corrected chi connectivity index (χ4v) is 1.69. The summed E-state index contributed by atoms with van der Waals surface area (Å²) in [5.74, 6) is 0.00558. The lowest BCUT2D eigenvalue weighted by molar-refractivity contribution is 0.111.